The summed E-state index contributed by atoms with van der Waals surface area (Å²) in [5.41, 5.74) is 0.983. The van der Waals surface area contributed by atoms with E-state index in [4.69, 9.17) is 9.47 Å². The van der Waals surface area contributed by atoms with Crippen molar-refractivity contribution in [3.05, 3.63) is 35.6 Å². The van der Waals surface area contributed by atoms with Crippen LogP contribution in [0, 0.1) is 5.82 Å². The van der Waals surface area contributed by atoms with Crippen molar-refractivity contribution in [2.24, 2.45) is 0 Å². The Balaban J connectivity index is 2.41. The van der Waals surface area contributed by atoms with Gasteiger partial charge in [-0.25, -0.2) is 4.39 Å². The van der Waals surface area contributed by atoms with Crippen molar-refractivity contribution in [1.29, 1.82) is 0 Å². The number of rotatable bonds is 9. The molecule has 102 valence electrons. The van der Waals surface area contributed by atoms with Crippen molar-refractivity contribution in [3.63, 3.8) is 0 Å². The number of hydrogen-bond donors (Lipinski definition) is 1. The molecule has 1 unspecified atom stereocenters. The largest absolute Gasteiger partial charge is 0.382 e. The van der Waals surface area contributed by atoms with E-state index in [1.807, 2.05) is 13.0 Å². The summed E-state index contributed by atoms with van der Waals surface area (Å²) >= 11 is 0. The lowest BCUT2D eigenvalue weighted by molar-refractivity contribution is 0.0589. The molecule has 0 radical (unpaired) electrons. The normalized spacial score (nSPS) is 12.6. The van der Waals surface area contributed by atoms with Gasteiger partial charge in [0.15, 0.2) is 0 Å². The molecule has 0 fully saturated rings. The van der Waals surface area contributed by atoms with E-state index in [1.54, 1.807) is 19.2 Å². The van der Waals surface area contributed by atoms with E-state index in [1.165, 1.54) is 6.07 Å². The van der Waals surface area contributed by atoms with E-state index in [0.29, 0.717) is 19.8 Å². The highest BCUT2D eigenvalue weighted by Gasteiger charge is 2.09. The molecule has 0 aliphatic rings. The van der Waals surface area contributed by atoms with Crippen LogP contribution in [-0.4, -0.2) is 39.5 Å². The molecule has 0 aliphatic carbocycles. The van der Waals surface area contributed by atoms with Crippen LogP contribution >= 0.6 is 0 Å². The minimum atomic E-state index is -0.192. The van der Waals surface area contributed by atoms with Crippen LogP contribution in [0.15, 0.2) is 24.3 Å². The van der Waals surface area contributed by atoms with Crippen LogP contribution in [-0.2, 0) is 15.9 Å². The maximum Gasteiger partial charge on any atom is 0.123 e. The fourth-order valence-corrected chi connectivity index (χ4v) is 1.80. The van der Waals surface area contributed by atoms with Gasteiger partial charge < -0.3 is 14.8 Å². The fraction of sp³-hybridized carbons (Fsp3) is 0.571. The average Bonchev–Trinajstić information content (AvgIpc) is 2.35. The Labute approximate surface area is 108 Å². The first-order valence-corrected chi connectivity index (χ1v) is 6.30. The quantitative estimate of drug-likeness (QED) is 0.685. The van der Waals surface area contributed by atoms with Gasteiger partial charge >= 0.3 is 0 Å². The smallest absolute Gasteiger partial charge is 0.123 e. The number of nitrogens with one attached hydrogen (secondary N) is 1. The van der Waals surface area contributed by atoms with E-state index in [9.17, 15) is 4.39 Å². The summed E-state index contributed by atoms with van der Waals surface area (Å²) in [5, 5.41) is 3.34. The van der Waals surface area contributed by atoms with Crippen molar-refractivity contribution in [2.45, 2.75) is 19.4 Å². The van der Waals surface area contributed by atoms with E-state index in [2.05, 4.69) is 5.32 Å². The van der Waals surface area contributed by atoms with Crippen molar-refractivity contribution >= 4 is 0 Å². The van der Waals surface area contributed by atoms with E-state index >= 15 is 0 Å². The molecular weight excluding hydrogens is 233 g/mol. The van der Waals surface area contributed by atoms with Crippen molar-refractivity contribution in [3.8, 4) is 0 Å². The lowest BCUT2D eigenvalue weighted by Crippen LogP contribution is -2.35. The molecule has 1 aromatic rings. The molecule has 0 aromatic heterocycles. The van der Waals surface area contributed by atoms with Crippen molar-refractivity contribution in [2.75, 3.05) is 33.5 Å². The maximum absolute atomic E-state index is 13.1. The Morgan fingerprint density at radius 2 is 2.17 bits per heavy atom. The molecule has 0 amide bonds. The predicted molar refractivity (Wildman–Crippen MR) is 70.3 cm³/mol. The summed E-state index contributed by atoms with van der Waals surface area (Å²) in [7, 11) is 1.65. The van der Waals surface area contributed by atoms with Crippen LogP contribution in [0.5, 0.6) is 0 Å². The Bertz CT molecular complexity index is 333. The second-order valence-electron chi connectivity index (χ2n) is 4.16. The molecular formula is C14H22FNO2. The van der Waals surface area contributed by atoms with Crippen molar-refractivity contribution in [1.82, 2.24) is 5.32 Å². The summed E-state index contributed by atoms with van der Waals surface area (Å²) in [6, 6.07) is 6.90. The standard InChI is InChI=1S/C14H22FNO2/c1-3-16-14(11-18-8-7-17-2)10-12-5-4-6-13(15)9-12/h4-6,9,14,16H,3,7-8,10-11H2,1-2H3. The van der Waals surface area contributed by atoms with Gasteiger partial charge in [-0.3, -0.25) is 0 Å². The molecule has 0 aliphatic heterocycles. The molecule has 1 rings (SSSR count). The Hall–Kier alpha value is -0.970. The molecule has 0 heterocycles. The van der Waals surface area contributed by atoms with Gasteiger partial charge in [0.25, 0.3) is 0 Å². The van der Waals surface area contributed by atoms with Crippen LogP contribution in [0.4, 0.5) is 4.39 Å². The van der Waals surface area contributed by atoms with Crippen LogP contribution in [0.1, 0.15) is 12.5 Å². The van der Waals surface area contributed by atoms with Crippen LogP contribution < -0.4 is 5.32 Å². The molecule has 18 heavy (non-hydrogen) atoms. The van der Waals surface area contributed by atoms with E-state index in [-0.39, 0.29) is 11.9 Å². The number of halogens is 1. The van der Waals surface area contributed by atoms with Gasteiger partial charge in [-0.2, -0.15) is 0 Å². The van der Waals surface area contributed by atoms with Crippen LogP contribution in [0.2, 0.25) is 0 Å². The summed E-state index contributed by atoms with van der Waals surface area (Å²) < 4.78 is 23.5. The second-order valence-corrected chi connectivity index (χ2v) is 4.16. The van der Waals surface area contributed by atoms with Crippen LogP contribution in [0.3, 0.4) is 0 Å². The monoisotopic (exact) mass is 255 g/mol. The highest BCUT2D eigenvalue weighted by molar-refractivity contribution is 5.17. The van der Waals surface area contributed by atoms with Gasteiger partial charge in [-0.15, -0.1) is 0 Å². The predicted octanol–water partition coefficient (Wildman–Crippen LogP) is 2.01. The van der Waals surface area contributed by atoms with Gasteiger partial charge in [-0.05, 0) is 30.7 Å². The van der Waals surface area contributed by atoms with Gasteiger partial charge in [0, 0.05) is 13.2 Å². The average molecular weight is 255 g/mol. The maximum atomic E-state index is 13.1. The summed E-state index contributed by atoms with van der Waals surface area (Å²) in [5.74, 6) is -0.192. The van der Waals surface area contributed by atoms with Gasteiger partial charge in [0.1, 0.15) is 5.82 Å². The molecule has 1 N–H and O–H groups in total. The van der Waals surface area contributed by atoms with E-state index < -0.39 is 0 Å². The topological polar surface area (TPSA) is 30.5 Å². The highest BCUT2D eigenvalue weighted by Crippen LogP contribution is 2.07. The minimum Gasteiger partial charge on any atom is -0.382 e. The Kier molecular flexibility index (Phi) is 7.57. The number of hydrogen-bond acceptors (Lipinski definition) is 3. The third kappa shape index (κ3) is 6.10. The third-order valence-corrected chi connectivity index (χ3v) is 2.61. The Morgan fingerprint density at radius 3 is 2.83 bits per heavy atom. The minimum absolute atomic E-state index is 0.192. The highest BCUT2D eigenvalue weighted by atomic mass is 19.1. The summed E-state index contributed by atoms with van der Waals surface area (Å²) in [6.45, 7) is 4.70. The molecule has 0 spiro atoms. The van der Waals surface area contributed by atoms with E-state index in [0.717, 1.165) is 18.5 Å². The van der Waals surface area contributed by atoms with Gasteiger partial charge in [0.05, 0.1) is 19.8 Å². The number of methoxy groups -OCH3 is 1. The van der Waals surface area contributed by atoms with Crippen molar-refractivity contribution < 1.29 is 13.9 Å². The zero-order chi connectivity index (χ0) is 13.2. The number of benzene rings is 1. The first kappa shape index (κ1) is 15.1. The van der Waals surface area contributed by atoms with Crippen LogP contribution in [0.25, 0.3) is 0 Å². The second kappa shape index (κ2) is 9.03. The lowest BCUT2D eigenvalue weighted by atomic mass is 10.1. The SMILES string of the molecule is CCNC(COCCOC)Cc1cccc(F)c1. The molecule has 1 atom stereocenters. The Morgan fingerprint density at radius 1 is 1.33 bits per heavy atom. The molecule has 1 aromatic carbocycles. The molecule has 0 saturated heterocycles. The zero-order valence-electron chi connectivity index (χ0n) is 11.1. The first-order chi connectivity index (χ1) is 8.76. The lowest BCUT2D eigenvalue weighted by Gasteiger charge is -2.18. The summed E-state index contributed by atoms with van der Waals surface area (Å²) in [6.07, 6.45) is 0.762. The number of ether oxygens (including phenoxy) is 2. The number of likely N-dealkylation sites (N-methyl/N-ethyl adjacent to an activating group) is 1. The zero-order valence-corrected chi connectivity index (χ0v) is 11.1. The molecule has 0 bridgehead atoms. The van der Waals surface area contributed by atoms with Gasteiger partial charge in [0.2, 0.25) is 0 Å². The fourth-order valence-electron chi connectivity index (χ4n) is 1.80. The molecule has 4 heteroatoms. The van der Waals surface area contributed by atoms with Gasteiger partial charge in [-0.1, -0.05) is 19.1 Å². The molecule has 0 saturated carbocycles. The summed E-state index contributed by atoms with van der Waals surface area (Å²) in [4.78, 5) is 0. The third-order valence-electron chi connectivity index (χ3n) is 2.61. The first-order valence-electron chi connectivity index (χ1n) is 6.30. The molecule has 3 nitrogen and oxygen atoms in total.